The fourth-order valence-electron chi connectivity index (χ4n) is 0.626. The average molecular weight is 280 g/mol. The Morgan fingerprint density at radius 1 is 1.42 bits per heavy atom. The van der Waals surface area contributed by atoms with Crippen molar-refractivity contribution in [3.05, 3.63) is 20.8 Å². The van der Waals surface area contributed by atoms with E-state index in [4.69, 9.17) is 11.6 Å². The molecule has 0 aromatic carbocycles. The molecule has 0 N–H and O–H groups in total. The highest BCUT2D eigenvalue weighted by molar-refractivity contribution is 9.11. The van der Waals surface area contributed by atoms with Crippen molar-refractivity contribution < 1.29 is 13.2 Å². The van der Waals surface area contributed by atoms with Crippen LogP contribution in [-0.4, -0.2) is 6.18 Å². The number of hydrogen-bond donors (Lipinski definition) is 0. The van der Waals surface area contributed by atoms with Crippen LogP contribution in [0.15, 0.2) is 15.9 Å². The zero-order valence-corrected chi connectivity index (χ0v) is 8.69. The molecule has 0 fully saturated rings. The van der Waals surface area contributed by atoms with Crippen LogP contribution in [0.4, 0.5) is 13.2 Å². The Balaban J connectivity index is 2.85. The van der Waals surface area contributed by atoms with Gasteiger partial charge >= 0.3 is 6.18 Å². The summed E-state index contributed by atoms with van der Waals surface area (Å²) in [6, 6.07) is 2.90. The van der Waals surface area contributed by atoms with E-state index in [-0.39, 0.29) is 4.88 Å². The molecule has 12 heavy (non-hydrogen) atoms. The molecule has 1 heterocycles. The molecule has 1 rings (SSSR count). The normalized spacial score (nSPS) is 14.8. The van der Waals surface area contributed by atoms with E-state index < -0.39 is 11.6 Å². The minimum absolute atomic E-state index is 0.107. The molecule has 0 aliphatic carbocycles. The molecule has 0 spiro atoms. The fraction of sp³-hybridized carbons (Fsp3) is 0.333. The van der Waals surface area contributed by atoms with E-state index in [0.29, 0.717) is 3.79 Å². The summed E-state index contributed by atoms with van der Waals surface area (Å²) in [5.74, 6) is 0. The molecule has 1 aromatic heterocycles. The van der Waals surface area contributed by atoms with Gasteiger partial charge in [0.15, 0.2) is 5.38 Å². The topological polar surface area (TPSA) is 0 Å². The Morgan fingerprint density at radius 2 is 2.00 bits per heavy atom. The summed E-state index contributed by atoms with van der Waals surface area (Å²) in [7, 11) is 0. The van der Waals surface area contributed by atoms with Gasteiger partial charge in [0.2, 0.25) is 0 Å². The molecule has 6 heteroatoms. The second-order valence-electron chi connectivity index (χ2n) is 2.05. The molecule has 0 aliphatic rings. The summed E-state index contributed by atoms with van der Waals surface area (Å²) in [5.41, 5.74) is 0. The minimum Gasteiger partial charge on any atom is -0.169 e. The van der Waals surface area contributed by atoms with Gasteiger partial charge in [0, 0.05) is 4.88 Å². The minimum atomic E-state index is -4.37. The standard InChI is InChI=1S/C6H3BrClF3S/c7-4-2-1-3(12-4)5(8)6(9,10)11/h1-2,5H. The number of halogens is 5. The quantitative estimate of drug-likeness (QED) is 0.670. The highest BCUT2D eigenvalue weighted by Crippen LogP contribution is 2.41. The summed E-state index contributed by atoms with van der Waals surface area (Å²) in [4.78, 5) is 0.107. The van der Waals surface area contributed by atoms with Gasteiger partial charge in [-0.2, -0.15) is 13.2 Å². The molecule has 0 amide bonds. The van der Waals surface area contributed by atoms with E-state index >= 15 is 0 Å². The Hall–Kier alpha value is 0.260. The molecular weight excluding hydrogens is 276 g/mol. The third kappa shape index (κ3) is 2.37. The Bertz CT molecular complexity index is 270. The van der Waals surface area contributed by atoms with E-state index in [1.54, 1.807) is 6.07 Å². The predicted molar refractivity (Wildman–Crippen MR) is 46.7 cm³/mol. The number of thiophene rings is 1. The highest BCUT2D eigenvalue weighted by Gasteiger charge is 2.40. The molecule has 0 saturated heterocycles. The molecule has 0 aliphatic heterocycles. The smallest absolute Gasteiger partial charge is 0.169 e. The van der Waals surface area contributed by atoms with Gasteiger partial charge in [-0.15, -0.1) is 22.9 Å². The average Bonchev–Trinajstić information content (AvgIpc) is 2.32. The van der Waals surface area contributed by atoms with Crippen LogP contribution in [0, 0.1) is 0 Å². The zero-order valence-electron chi connectivity index (χ0n) is 5.53. The van der Waals surface area contributed by atoms with Crippen LogP contribution in [0.1, 0.15) is 10.3 Å². The van der Waals surface area contributed by atoms with Crippen molar-refractivity contribution in [3.8, 4) is 0 Å². The van der Waals surface area contributed by atoms with Crippen molar-refractivity contribution in [1.29, 1.82) is 0 Å². The monoisotopic (exact) mass is 278 g/mol. The van der Waals surface area contributed by atoms with Crippen LogP contribution < -0.4 is 0 Å². The maximum Gasteiger partial charge on any atom is 0.409 e. The second kappa shape index (κ2) is 3.55. The predicted octanol–water partition coefficient (Wildman–Crippen LogP) is 4.35. The van der Waals surface area contributed by atoms with Crippen LogP contribution in [0.25, 0.3) is 0 Å². The first-order valence-corrected chi connectivity index (χ1v) is 4.92. The molecule has 0 radical (unpaired) electrons. The maximum absolute atomic E-state index is 12.0. The lowest BCUT2D eigenvalue weighted by Crippen LogP contribution is -2.14. The van der Waals surface area contributed by atoms with Crippen LogP contribution in [0.3, 0.4) is 0 Å². The van der Waals surface area contributed by atoms with Gasteiger partial charge < -0.3 is 0 Å². The molecule has 1 atom stereocenters. The lowest BCUT2D eigenvalue weighted by Gasteiger charge is -2.10. The van der Waals surface area contributed by atoms with E-state index in [2.05, 4.69) is 15.9 Å². The van der Waals surface area contributed by atoms with E-state index in [1.165, 1.54) is 6.07 Å². The first-order chi connectivity index (χ1) is 5.41. The van der Waals surface area contributed by atoms with Gasteiger partial charge in [0.05, 0.1) is 3.79 Å². The van der Waals surface area contributed by atoms with Crippen molar-refractivity contribution in [2.75, 3.05) is 0 Å². The van der Waals surface area contributed by atoms with Crippen molar-refractivity contribution in [3.63, 3.8) is 0 Å². The van der Waals surface area contributed by atoms with Crippen LogP contribution >= 0.6 is 38.9 Å². The Morgan fingerprint density at radius 3 is 2.33 bits per heavy atom. The highest BCUT2D eigenvalue weighted by atomic mass is 79.9. The van der Waals surface area contributed by atoms with Gasteiger partial charge in [-0.25, -0.2) is 0 Å². The lowest BCUT2D eigenvalue weighted by molar-refractivity contribution is -0.131. The summed E-state index contributed by atoms with van der Waals surface area (Å²) in [5, 5.41) is -1.89. The van der Waals surface area contributed by atoms with Gasteiger partial charge in [-0.3, -0.25) is 0 Å². The molecule has 0 nitrogen and oxygen atoms in total. The number of rotatable bonds is 1. The molecule has 1 unspecified atom stereocenters. The third-order valence-electron chi connectivity index (χ3n) is 1.13. The first kappa shape index (κ1) is 10.3. The fourth-order valence-corrected chi connectivity index (χ4v) is 2.26. The number of hydrogen-bond acceptors (Lipinski definition) is 1. The zero-order chi connectivity index (χ0) is 9.35. The molecule has 0 bridgehead atoms. The molecular formula is C6H3BrClF3S. The van der Waals surface area contributed by atoms with Crippen molar-refractivity contribution in [2.24, 2.45) is 0 Å². The van der Waals surface area contributed by atoms with Crippen LogP contribution in [0.2, 0.25) is 0 Å². The van der Waals surface area contributed by atoms with Gasteiger partial charge in [0.1, 0.15) is 0 Å². The van der Waals surface area contributed by atoms with E-state index in [9.17, 15) is 13.2 Å². The summed E-state index contributed by atoms with van der Waals surface area (Å²) < 4.78 is 36.7. The third-order valence-corrected chi connectivity index (χ3v) is 3.43. The maximum atomic E-state index is 12.0. The van der Waals surface area contributed by atoms with Crippen LogP contribution in [-0.2, 0) is 0 Å². The summed E-state index contributed by atoms with van der Waals surface area (Å²) in [6.07, 6.45) is -4.37. The summed E-state index contributed by atoms with van der Waals surface area (Å²) >= 11 is 9.21. The number of alkyl halides is 4. The molecule has 68 valence electrons. The molecule has 0 saturated carbocycles. The van der Waals surface area contributed by atoms with Crippen LogP contribution in [0.5, 0.6) is 0 Å². The van der Waals surface area contributed by atoms with Gasteiger partial charge in [0.25, 0.3) is 0 Å². The van der Waals surface area contributed by atoms with Crippen molar-refractivity contribution in [1.82, 2.24) is 0 Å². The van der Waals surface area contributed by atoms with Crippen molar-refractivity contribution in [2.45, 2.75) is 11.6 Å². The SMILES string of the molecule is FC(F)(F)C(Cl)c1ccc(Br)s1. The first-order valence-electron chi connectivity index (χ1n) is 2.87. The Kier molecular flexibility index (Phi) is 3.06. The Labute approximate surface area is 84.5 Å². The molecule has 1 aromatic rings. The van der Waals surface area contributed by atoms with Crippen molar-refractivity contribution >= 4 is 38.9 Å². The largest absolute Gasteiger partial charge is 0.409 e. The van der Waals surface area contributed by atoms with Gasteiger partial charge in [-0.05, 0) is 28.1 Å². The summed E-state index contributed by atoms with van der Waals surface area (Å²) in [6.45, 7) is 0. The lowest BCUT2D eigenvalue weighted by atomic mass is 10.3. The van der Waals surface area contributed by atoms with E-state index in [1.807, 2.05) is 0 Å². The second-order valence-corrected chi connectivity index (χ2v) is 4.98. The van der Waals surface area contributed by atoms with E-state index in [0.717, 1.165) is 11.3 Å². The van der Waals surface area contributed by atoms with Gasteiger partial charge in [-0.1, -0.05) is 0 Å².